The van der Waals surface area contributed by atoms with Crippen LogP contribution in [0.4, 0.5) is 5.95 Å². The van der Waals surface area contributed by atoms with Crippen LogP contribution in [0.3, 0.4) is 0 Å². The van der Waals surface area contributed by atoms with Crippen molar-refractivity contribution in [2.45, 2.75) is 0 Å². The zero-order valence-corrected chi connectivity index (χ0v) is 10.4. The molecule has 5 heteroatoms. The molecule has 0 saturated heterocycles. The number of nitrogens with two attached hydrogens (primary N) is 1. The summed E-state index contributed by atoms with van der Waals surface area (Å²) in [5.74, 6) is 0.324. The van der Waals surface area contributed by atoms with Gasteiger partial charge in [0.15, 0.2) is 0 Å². The van der Waals surface area contributed by atoms with Gasteiger partial charge in [-0.2, -0.15) is 10.5 Å². The molecular weight excluding hydrogens is 250 g/mol. The van der Waals surface area contributed by atoms with E-state index in [1.807, 2.05) is 6.07 Å². The largest absolute Gasteiger partial charge is 0.369 e. The first kappa shape index (κ1) is 11.8. The second-order valence-corrected chi connectivity index (χ2v) is 4.28. The van der Waals surface area contributed by atoms with Crippen molar-refractivity contribution in [2.24, 2.45) is 0 Å². The SMILES string of the molecule is N#Cc1cccc(-n2c(N)nc3ccc(C#N)cc32)c1. The van der Waals surface area contributed by atoms with E-state index in [2.05, 4.69) is 17.1 Å². The van der Waals surface area contributed by atoms with E-state index >= 15 is 0 Å². The van der Waals surface area contributed by atoms with Gasteiger partial charge in [-0.3, -0.25) is 4.57 Å². The van der Waals surface area contributed by atoms with E-state index in [-0.39, 0.29) is 0 Å². The van der Waals surface area contributed by atoms with Gasteiger partial charge in [0.25, 0.3) is 0 Å². The lowest BCUT2D eigenvalue weighted by molar-refractivity contribution is 1.11. The molecule has 94 valence electrons. The number of anilines is 1. The van der Waals surface area contributed by atoms with E-state index in [0.29, 0.717) is 22.6 Å². The molecular formula is C15H9N5. The van der Waals surface area contributed by atoms with Crippen LogP contribution in [0, 0.1) is 22.7 Å². The second kappa shape index (κ2) is 4.42. The van der Waals surface area contributed by atoms with E-state index in [1.54, 1.807) is 41.0 Å². The molecule has 0 bridgehead atoms. The van der Waals surface area contributed by atoms with Gasteiger partial charge in [0, 0.05) is 0 Å². The molecule has 0 spiro atoms. The highest BCUT2D eigenvalue weighted by molar-refractivity contribution is 5.82. The Kier molecular flexibility index (Phi) is 2.60. The van der Waals surface area contributed by atoms with Crippen LogP contribution in [0.1, 0.15) is 11.1 Å². The Morgan fingerprint density at radius 3 is 2.50 bits per heavy atom. The molecule has 0 radical (unpaired) electrons. The van der Waals surface area contributed by atoms with E-state index in [1.165, 1.54) is 0 Å². The first-order valence-electron chi connectivity index (χ1n) is 5.91. The zero-order valence-electron chi connectivity index (χ0n) is 10.4. The van der Waals surface area contributed by atoms with Crippen molar-refractivity contribution >= 4 is 17.0 Å². The smallest absolute Gasteiger partial charge is 0.205 e. The van der Waals surface area contributed by atoms with E-state index in [0.717, 1.165) is 11.2 Å². The molecule has 0 unspecified atom stereocenters. The lowest BCUT2D eigenvalue weighted by Crippen LogP contribution is -2.00. The van der Waals surface area contributed by atoms with Crippen LogP contribution in [0.5, 0.6) is 0 Å². The van der Waals surface area contributed by atoms with E-state index in [4.69, 9.17) is 16.3 Å². The summed E-state index contributed by atoms with van der Waals surface area (Å²) in [6.45, 7) is 0. The van der Waals surface area contributed by atoms with Gasteiger partial charge in [0.05, 0.1) is 40.0 Å². The third-order valence-corrected chi connectivity index (χ3v) is 3.04. The first-order chi connectivity index (χ1) is 9.72. The van der Waals surface area contributed by atoms with Gasteiger partial charge < -0.3 is 5.73 Å². The standard InChI is InChI=1S/C15H9N5/c16-8-10-2-1-3-12(6-10)20-14-7-11(9-17)4-5-13(14)19-15(20)18/h1-7H,(H2,18,19). The van der Waals surface area contributed by atoms with Crippen LogP contribution in [0.2, 0.25) is 0 Å². The van der Waals surface area contributed by atoms with Crippen molar-refractivity contribution in [3.05, 3.63) is 53.6 Å². The summed E-state index contributed by atoms with van der Waals surface area (Å²) in [6, 6.07) is 16.5. The summed E-state index contributed by atoms with van der Waals surface area (Å²) in [7, 11) is 0. The Bertz CT molecular complexity index is 893. The summed E-state index contributed by atoms with van der Waals surface area (Å²) in [5, 5.41) is 18.0. The van der Waals surface area contributed by atoms with Gasteiger partial charge in [-0.05, 0) is 36.4 Å². The molecule has 1 heterocycles. The van der Waals surface area contributed by atoms with Crippen LogP contribution >= 0.6 is 0 Å². The normalized spacial score (nSPS) is 10.1. The molecule has 0 fully saturated rings. The molecule has 0 saturated carbocycles. The summed E-state index contributed by atoms with van der Waals surface area (Å²) >= 11 is 0. The van der Waals surface area contributed by atoms with Crippen LogP contribution in [0.25, 0.3) is 16.7 Å². The number of nitrogen functional groups attached to an aromatic ring is 1. The maximum Gasteiger partial charge on any atom is 0.205 e. The first-order valence-corrected chi connectivity index (χ1v) is 5.91. The van der Waals surface area contributed by atoms with Crippen LogP contribution in [0.15, 0.2) is 42.5 Å². The summed E-state index contributed by atoms with van der Waals surface area (Å²) in [6.07, 6.45) is 0. The maximum absolute atomic E-state index is 8.99. The minimum Gasteiger partial charge on any atom is -0.369 e. The quantitative estimate of drug-likeness (QED) is 0.726. The predicted molar refractivity (Wildman–Crippen MR) is 74.9 cm³/mol. The van der Waals surface area contributed by atoms with Crippen molar-refractivity contribution in [3.8, 4) is 17.8 Å². The Morgan fingerprint density at radius 2 is 1.75 bits per heavy atom. The Labute approximate surface area is 115 Å². The molecule has 0 atom stereocenters. The highest BCUT2D eigenvalue weighted by atomic mass is 15.2. The number of rotatable bonds is 1. The highest BCUT2D eigenvalue weighted by Gasteiger charge is 2.11. The topological polar surface area (TPSA) is 91.4 Å². The van der Waals surface area contributed by atoms with Crippen molar-refractivity contribution in [2.75, 3.05) is 5.73 Å². The molecule has 3 rings (SSSR count). The second-order valence-electron chi connectivity index (χ2n) is 4.28. The molecule has 0 amide bonds. The average Bonchev–Trinajstić information content (AvgIpc) is 2.82. The van der Waals surface area contributed by atoms with Crippen molar-refractivity contribution in [3.63, 3.8) is 0 Å². The summed E-state index contributed by atoms with van der Waals surface area (Å²) in [5.41, 5.74) is 9.24. The molecule has 2 N–H and O–H groups in total. The molecule has 1 aromatic heterocycles. The number of hydrogen-bond acceptors (Lipinski definition) is 4. The Hall–Kier alpha value is -3.31. The van der Waals surface area contributed by atoms with Crippen molar-refractivity contribution in [1.82, 2.24) is 9.55 Å². The average molecular weight is 259 g/mol. The third kappa shape index (κ3) is 1.75. The monoisotopic (exact) mass is 259 g/mol. The molecule has 3 aromatic rings. The van der Waals surface area contributed by atoms with Gasteiger partial charge >= 0.3 is 0 Å². The Morgan fingerprint density at radius 1 is 1.00 bits per heavy atom. The summed E-state index contributed by atoms with van der Waals surface area (Å²) < 4.78 is 1.73. The van der Waals surface area contributed by atoms with Gasteiger partial charge in [0.2, 0.25) is 5.95 Å². The van der Waals surface area contributed by atoms with Gasteiger partial charge in [-0.1, -0.05) is 6.07 Å². The maximum atomic E-state index is 8.99. The number of benzene rings is 2. The molecule has 2 aromatic carbocycles. The number of nitrogens with zero attached hydrogens (tertiary/aromatic N) is 4. The van der Waals surface area contributed by atoms with Gasteiger partial charge in [-0.25, -0.2) is 4.98 Å². The van der Waals surface area contributed by atoms with Crippen molar-refractivity contribution in [1.29, 1.82) is 10.5 Å². The number of imidazole rings is 1. The van der Waals surface area contributed by atoms with Crippen LogP contribution in [-0.4, -0.2) is 9.55 Å². The highest BCUT2D eigenvalue weighted by Crippen LogP contribution is 2.24. The molecule has 0 aliphatic carbocycles. The zero-order chi connectivity index (χ0) is 14.1. The fourth-order valence-corrected chi connectivity index (χ4v) is 2.15. The van der Waals surface area contributed by atoms with E-state index in [9.17, 15) is 0 Å². The summed E-state index contributed by atoms with van der Waals surface area (Å²) in [4.78, 5) is 4.27. The molecule has 20 heavy (non-hydrogen) atoms. The van der Waals surface area contributed by atoms with Crippen LogP contribution < -0.4 is 5.73 Å². The third-order valence-electron chi connectivity index (χ3n) is 3.04. The molecule has 5 nitrogen and oxygen atoms in total. The molecule has 0 aliphatic rings. The number of fused-ring (bicyclic) bond motifs is 1. The predicted octanol–water partition coefficient (Wildman–Crippen LogP) is 2.35. The van der Waals surface area contributed by atoms with Gasteiger partial charge in [0.1, 0.15) is 0 Å². The minimum atomic E-state index is 0.324. The fourth-order valence-electron chi connectivity index (χ4n) is 2.15. The van der Waals surface area contributed by atoms with Crippen molar-refractivity contribution < 1.29 is 0 Å². The number of aromatic nitrogens is 2. The lowest BCUT2D eigenvalue weighted by Gasteiger charge is -2.06. The van der Waals surface area contributed by atoms with E-state index < -0.39 is 0 Å². The van der Waals surface area contributed by atoms with Gasteiger partial charge in [-0.15, -0.1) is 0 Å². The molecule has 0 aliphatic heterocycles. The number of hydrogen-bond donors (Lipinski definition) is 1. The van der Waals surface area contributed by atoms with Crippen LogP contribution in [-0.2, 0) is 0 Å². The lowest BCUT2D eigenvalue weighted by atomic mass is 10.2. The minimum absolute atomic E-state index is 0.324. The Balaban J connectivity index is 2.32. The number of nitriles is 2. The fraction of sp³-hybridized carbons (Fsp3) is 0.